The Morgan fingerprint density at radius 2 is 2.39 bits per heavy atom. The first-order chi connectivity index (χ1) is 8.74. The molecule has 0 radical (unpaired) electrons. The van der Waals surface area contributed by atoms with Crippen LogP contribution in [0.4, 0.5) is 0 Å². The van der Waals surface area contributed by atoms with Crippen molar-refractivity contribution in [2.45, 2.75) is 19.6 Å². The zero-order valence-electron chi connectivity index (χ0n) is 9.61. The van der Waals surface area contributed by atoms with Crippen molar-refractivity contribution >= 4 is 17.3 Å². The van der Waals surface area contributed by atoms with E-state index in [4.69, 9.17) is 5.11 Å². The highest BCUT2D eigenvalue weighted by molar-refractivity contribution is 7.12. The van der Waals surface area contributed by atoms with E-state index in [1.807, 2.05) is 16.0 Å². The summed E-state index contributed by atoms with van der Waals surface area (Å²) in [7, 11) is 0. The SMILES string of the molecule is O=C(O)c1sccc1CN1CCn2cnnc2C1. The summed E-state index contributed by atoms with van der Waals surface area (Å²) < 4.78 is 2.03. The van der Waals surface area contributed by atoms with E-state index in [-0.39, 0.29) is 0 Å². The first-order valence-corrected chi connectivity index (χ1v) is 6.50. The summed E-state index contributed by atoms with van der Waals surface area (Å²) >= 11 is 1.27. The molecule has 2 aromatic heterocycles. The van der Waals surface area contributed by atoms with Gasteiger partial charge in [-0.05, 0) is 17.0 Å². The molecule has 0 spiro atoms. The molecule has 1 N–H and O–H groups in total. The van der Waals surface area contributed by atoms with Gasteiger partial charge in [0.2, 0.25) is 0 Å². The van der Waals surface area contributed by atoms with Crippen LogP contribution in [0.15, 0.2) is 17.8 Å². The third-order valence-corrected chi connectivity index (χ3v) is 4.00. The Kier molecular flexibility index (Phi) is 2.85. The summed E-state index contributed by atoms with van der Waals surface area (Å²) in [6.07, 6.45) is 1.74. The van der Waals surface area contributed by atoms with Crippen LogP contribution in [-0.2, 0) is 19.6 Å². The van der Waals surface area contributed by atoms with Crippen LogP contribution in [0.25, 0.3) is 0 Å². The number of fused-ring (bicyclic) bond motifs is 1. The van der Waals surface area contributed by atoms with Gasteiger partial charge in [-0.3, -0.25) is 4.90 Å². The number of aromatic carboxylic acids is 1. The largest absolute Gasteiger partial charge is 0.477 e. The fourth-order valence-electron chi connectivity index (χ4n) is 2.14. The lowest BCUT2D eigenvalue weighted by Crippen LogP contribution is -2.33. The predicted octanol–water partition coefficient (Wildman–Crippen LogP) is 1.05. The van der Waals surface area contributed by atoms with Crippen LogP contribution >= 0.6 is 11.3 Å². The number of hydrogen-bond acceptors (Lipinski definition) is 5. The number of aromatic nitrogens is 3. The van der Waals surface area contributed by atoms with Crippen LogP contribution in [0.3, 0.4) is 0 Å². The molecule has 1 aliphatic rings. The van der Waals surface area contributed by atoms with Gasteiger partial charge in [0.1, 0.15) is 17.0 Å². The van der Waals surface area contributed by atoms with Crippen molar-refractivity contribution in [3.8, 4) is 0 Å². The topological polar surface area (TPSA) is 71.2 Å². The molecule has 0 amide bonds. The van der Waals surface area contributed by atoms with Gasteiger partial charge in [-0.2, -0.15) is 0 Å². The fourth-order valence-corrected chi connectivity index (χ4v) is 2.89. The lowest BCUT2D eigenvalue weighted by Gasteiger charge is -2.26. The number of carboxylic acid groups (broad SMARTS) is 1. The zero-order valence-corrected chi connectivity index (χ0v) is 10.4. The Morgan fingerprint density at radius 3 is 3.22 bits per heavy atom. The molecule has 0 saturated heterocycles. The Morgan fingerprint density at radius 1 is 1.50 bits per heavy atom. The molecule has 6 nitrogen and oxygen atoms in total. The molecule has 3 heterocycles. The van der Waals surface area contributed by atoms with E-state index in [0.717, 1.165) is 31.0 Å². The van der Waals surface area contributed by atoms with Crippen LogP contribution in [0.2, 0.25) is 0 Å². The van der Waals surface area contributed by atoms with Crippen molar-refractivity contribution in [2.75, 3.05) is 6.54 Å². The Balaban J connectivity index is 1.75. The molecular weight excluding hydrogens is 252 g/mol. The Hall–Kier alpha value is -1.73. The minimum atomic E-state index is -0.847. The van der Waals surface area contributed by atoms with E-state index in [1.165, 1.54) is 11.3 Å². The summed E-state index contributed by atoms with van der Waals surface area (Å²) in [5.41, 5.74) is 0.875. The molecule has 0 bridgehead atoms. The standard InChI is InChI=1S/C11H12N4O2S/c16-11(17)10-8(1-4-18-10)5-14-2-3-15-7-12-13-9(15)6-14/h1,4,7H,2-3,5-6H2,(H,16,17). The number of carbonyl (C=O) groups is 1. The number of thiophene rings is 1. The molecule has 18 heavy (non-hydrogen) atoms. The fraction of sp³-hybridized carbons (Fsp3) is 0.364. The van der Waals surface area contributed by atoms with Gasteiger partial charge in [0.05, 0.1) is 6.54 Å². The Labute approximate surface area is 107 Å². The molecule has 0 unspecified atom stereocenters. The average Bonchev–Trinajstić information content (AvgIpc) is 2.96. The van der Waals surface area contributed by atoms with Gasteiger partial charge in [0.25, 0.3) is 0 Å². The van der Waals surface area contributed by atoms with E-state index in [2.05, 4.69) is 15.1 Å². The monoisotopic (exact) mass is 264 g/mol. The van der Waals surface area contributed by atoms with Crippen LogP contribution in [0.5, 0.6) is 0 Å². The lowest BCUT2D eigenvalue weighted by molar-refractivity contribution is 0.0699. The van der Waals surface area contributed by atoms with Crippen molar-refractivity contribution in [1.29, 1.82) is 0 Å². The minimum Gasteiger partial charge on any atom is -0.477 e. The van der Waals surface area contributed by atoms with Gasteiger partial charge < -0.3 is 9.67 Å². The Bertz CT molecular complexity index is 577. The highest BCUT2D eigenvalue weighted by atomic mass is 32.1. The molecular formula is C11H12N4O2S. The van der Waals surface area contributed by atoms with Crippen molar-refractivity contribution in [3.63, 3.8) is 0 Å². The maximum absolute atomic E-state index is 11.0. The molecule has 0 aromatic carbocycles. The molecule has 7 heteroatoms. The van der Waals surface area contributed by atoms with E-state index in [1.54, 1.807) is 6.33 Å². The van der Waals surface area contributed by atoms with Crippen molar-refractivity contribution < 1.29 is 9.90 Å². The maximum Gasteiger partial charge on any atom is 0.346 e. The minimum absolute atomic E-state index is 0.432. The molecule has 0 aliphatic carbocycles. The molecule has 1 aliphatic heterocycles. The maximum atomic E-state index is 11.0. The van der Waals surface area contributed by atoms with Gasteiger partial charge in [-0.25, -0.2) is 4.79 Å². The number of rotatable bonds is 3. The number of hydrogen-bond donors (Lipinski definition) is 1. The predicted molar refractivity (Wildman–Crippen MR) is 65.4 cm³/mol. The van der Waals surface area contributed by atoms with Crippen molar-refractivity contribution in [2.24, 2.45) is 0 Å². The molecule has 2 aromatic rings. The van der Waals surface area contributed by atoms with Crippen molar-refractivity contribution in [3.05, 3.63) is 34.0 Å². The van der Waals surface area contributed by atoms with Crippen molar-refractivity contribution in [1.82, 2.24) is 19.7 Å². The summed E-state index contributed by atoms with van der Waals surface area (Å²) in [4.78, 5) is 13.7. The number of carboxylic acids is 1. The van der Waals surface area contributed by atoms with Gasteiger partial charge in [-0.15, -0.1) is 21.5 Å². The van der Waals surface area contributed by atoms with Gasteiger partial charge >= 0.3 is 5.97 Å². The molecule has 0 atom stereocenters. The second kappa shape index (κ2) is 4.51. The molecule has 0 fully saturated rings. The first-order valence-electron chi connectivity index (χ1n) is 5.63. The normalized spacial score (nSPS) is 15.6. The third-order valence-electron chi connectivity index (χ3n) is 3.05. The first kappa shape index (κ1) is 11.4. The summed E-state index contributed by atoms with van der Waals surface area (Å²) in [6.45, 7) is 3.11. The van der Waals surface area contributed by atoms with Gasteiger partial charge in [-0.1, -0.05) is 0 Å². The average molecular weight is 264 g/mol. The second-order valence-corrected chi connectivity index (χ2v) is 5.15. The quantitative estimate of drug-likeness (QED) is 0.897. The third kappa shape index (κ3) is 2.02. The molecule has 3 rings (SSSR count). The summed E-state index contributed by atoms with van der Waals surface area (Å²) in [5.74, 6) is 0.0912. The van der Waals surface area contributed by atoms with Crippen LogP contribution in [0.1, 0.15) is 21.1 Å². The molecule has 94 valence electrons. The number of nitrogens with zero attached hydrogens (tertiary/aromatic N) is 4. The lowest BCUT2D eigenvalue weighted by atomic mass is 10.2. The van der Waals surface area contributed by atoms with Gasteiger partial charge in [0, 0.05) is 19.6 Å². The smallest absolute Gasteiger partial charge is 0.346 e. The second-order valence-electron chi connectivity index (χ2n) is 4.23. The summed E-state index contributed by atoms with van der Waals surface area (Å²) in [5, 5.41) is 18.8. The highest BCUT2D eigenvalue weighted by Gasteiger charge is 2.20. The van der Waals surface area contributed by atoms with E-state index in [9.17, 15) is 4.79 Å². The van der Waals surface area contributed by atoms with E-state index >= 15 is 0 Å². The van der Waals surface area contributed by atoms with Gasteiger partial charge in [0.15, 0.2) is 0 Å². The highest BCUT2D eigenvalue weighted by Crippen LogP contribution is 2.20. The molecule has 0 saturated carbocycles. The zero-order chi connectivity index (χ0) is 12.5. The van der Waals surface area contributed by atoms with Crippen LogP contribution < -0.4 is 0 Å². The summed E-state index contributed by atoms with van der Waals surface area (Å²) in [6, 6.07) is 1.88. The van der Waals surface area contributed by atoms with Crippen LogP contribution in [0, 0.1) is 0 Å². The van der Waals surface area contributed by atoms with E-state index in [0.29, 0.717) is 11.4 Å². The van der Waals surface area contributed by atoms with E-state index < -0.39 is 5.97 Å². The van der Waals surface area contributed by atoms with Crippen LogP contribution in [-0.4, -0.2) is 37.3 Å².